The summed E-state index contributed by atoms with van der Waals surface area (Å²) in [5.41, 5.74) is 2.65. The van der Waals surface area contributed by atoms with Crippen LogP contribution in [-0.4, -0.2) is 23.2 Å². The smallest absolute Gasteiger partial charge is 0.257 e. The quantitative estimate of drug-likeness (QED) is 0.743. The monoisotopic (exact) mass is 337 g/mol. The van der Waals surface area contributed by atoms with Crippen LogP contribution in [0, 0.1) is 6.92 Å². The molecule has 0 bridgehead atoms. The zero-order valence-electron chi connectivity index (χ0n) is 14.2. The van der Waals surface area contributed by atoms with Gasteiger partial charge in [0.25, 0.3) is 5.89 Å². The number of nitrogens with one attached hydrogen (secondary N) is 1. The summed E-state index contributed by atoms with van der Waals surface area (Å²) in [5.74, 6) is 1.84. The van der Waals surface area contributed by atoms with Gasteiger partial charge in [-0.2, -0.15) is 4.98 Å². The standard InChI is InChI=1S/C19H19N3O3/c1-13-20-19(25-22-13)15-6-8-16(9-7-15)21-18(23)12-5-14-3-10-17(24-2)11-4-14/h3-4,6-11H,5,12H2,1-2H3,(H,21,23). The van der Waals surface area contributed by atoms with E-state index < -0.39 is 0 Å². The molecule has 3 rings (SSSR count). The van der Waals surface area contributed by atoms with Gasteiger partial charge in [0.2, 0.25) is 5.91 Å². The molecule has 0 atom stereocenters. The number of carbonyl (C=O) groups excluding carboxylic acids is 1. The fraction of sp³-hybridized carbons (Fsp3) is 0.211. The number of hydrogen-bond donors (Lipinski definition) is 1. The van der Waals surface area contributed by atoms with Crippen LogP contribution in [0.5, 0.6) is 5.75 Å². The maximum Gasteiger partial charge on any atom is 0.257 e. The lowest BCUT2D eigenvalue weighted by Crippen LogP contribution is -2.12. The molecular formula is C19H19N3O3. The molecule has 1 aromatic heterocycles. The Kier molecular flexibility index (Phi) is 5.09. The highest BCUT2D eigenvalue weighted by Crippen LogP contribution is 2.20. The minimum atomic E-state index is -0.0304. The van der Waals surface area contributed by atoms with Crippen molar-refractivity contribution < 1.29 is 14.1 Å². The molecule has 0 fully saturated rings. The lowest BCUT2D eigenvalue weighted by atomic mass is 10.1. The predicted molar refractivity (Wildman–Crippen MR) is 94.4 cm³/mol. The van der Waals surface area contributed by atoms with Crippen LogP contribution in [0.2, 0.25) is 0 Å². The number of hydrogen-bond acceptors (Lipinski definition) is 5. The molecule has 0 spiro atoms. The minimum Gasteiger partial charge on any atom is -0.497 e. The minimum absolute atomic E-state index is 0.0304. The highest BCUT2D eigenvalue weighted by molar-refractivity contribution is 5.91. The lowest BCUT2D eigenvalue weighted by molar-refractivity contribution is -0.116. The van der Waals surface area contributed by atoms with Gasteiger partial charge in [-0.3, -0.25) is 4.79 Å². The second-order valence-electron chi connectivity index (χ2n) is 5.62. The number of benzene rings is 2. The van der Waals surface area contributed by atoms with E-state index >= 15 is 0 Å². The normalized spacial score (nSPS) is 10.5. The number of aryl methyl sites for hydroxylation is 2. The molecule has 128 valence electrons. The van der Waals surface area contributed by atoms with E-state index in [0.717, 1.165) is 22.6 Å². The van der Waals surface area contributed by atoms with Crippen LogP contribution < -0.4 is 10.1 Å². The van der Waals surface area contributed by atoms with Crippen LogP contribution in [-0.2, 0) is 11.2 Å². The van der Waals surface area contributed by atoms with Crippen LogP contribution in [0.25, 0.3) is 11.5 Å². The predicted octanol–water partition coefficient (Wildman–Crippen LogP) is 3.62. The SMILES string of the molecule is COc1ccc(CCC(=O)Nc2ccc(-c3nc(C)no3)cc2)cc1. The number of carbonyl (C=O) groups is 1. The van der Waals surface area contributed by atoms with Crippen LogP contribution in [0.4, 0.5) is 5.69 Å². The topological polar surface area (TPSA) is 77.2 Å². The molecule has 0 radical (unpaired) electrons. The van der Waals surface area contributed by atoms with Crippen molar-refractivity contribution in [1.29, 1.82) is 0 Å². The van der Waals surface area contributed by atoms with Crippen molar-refractivity contribution in [2.75, 3.05) is 12.4 Å². The van der Waals surface area contributed by atoms with E-state index in [2.05, 4.69) is 15.5 Å². The third kappa shape index (κ3) is 4.44. The second-order valence-corrected chi connectivity index (χ2v) is 5.62. The van der Waals surface area contributed by atoms with Gasteiger partial charge in [0.05, 0.1) is 7.11 Å². The number of ether oxygens (including phenoxy) is 1. The summed E-state index contributed by atoms with van der Waals surface area (Å²) in [6.45, 7) is 1.77. The molecule has 0 aliphatic rings. The average Bonchev–Trinajstić information content (AvgIpc) is 3.07. The van der Waals surface area contributed by atoms with Crippen molar-refractivity contribution in [1.82, 2.24) is 10.1 Å². The zero-order chi connectivity index (χ0) is 17.6. The Balaban J connectivity index is 1.53. The van der Waals surface area contributed by atoms with E-state index in [1.807, 2.05) is 48.5 Å². The lowest BCUT2D eigenvalue weighted by Gasteiger charge is -2.06. The average molecular weight is 337 g/mol. The van der Waals surface area contributed by atoms with Gasteiger partial charge in [-0.15, -0.1) is 0 Å². The maximum absolute atomic E-state index is 12.1. The Bertz CT molecular complexity index is 839. The first-order valence-corrected chi connectivity index (χ1v) is 7.97. The molecule has 0 unspecified atom stereocenters. The number of aromatic nitrogens is 2. The van der Waals surface area contributed by atoms with Crippen LogP contribution >= 0.6 is 0 Å². The molecule has 1 amide bonds. The van der Waals surface area contributed by atoms with Crippen molar-refractivity contribution in [2.45, 2.75) is 19.8 Å². The van der Waals surface area contributed by atoms with Gasteiger partial charge in [-0.1, -0.05) is 17.3 Å². The van der Waals surface area contributed by atoms with Crippen molar-refractivity contribution in [2.24, 2.45) is 0 Å². The Morgan fingerprint density at radius 1 is 1.12 bits per heavy atom. The molecule has 6 nitrogen and oxygen atoms in total. The molecule has 0 aliphatic heterocycles. The third-order valence-corrected chi connectivity index (χ3v) is 3.74. The highest BCUT2D eigenvalue weighted by atomic mass is 16.5. The summed E-state index contributed by atoms with van der Waals surface area (Å²) in [5, 5.41) is 6.65. The van der Waals surface area contributed by atoms with E-state index in [1.54, 1.807) is 14.0 Å². The maximum atomic E-state index is 12.1. The highest BCUT2D eigenvalue weighted by Gasteiger charge is 2.07. The molecule has 6 heteroatoms. The Labute approximate surface area is 145 Å². The molecule has 1 heterocycles. The molecule has 0 saturated heterocycles. The van der Waals surface area contributed by atoms with Crippen LogP contribution in [0.1, 0.15) is 17.8 Å². The van der Waals surface area contributed by atoms with Crippen molar-refractivity contribution in [3.63, 3.8) is 0 Å². The molecule has 3 aromatic rings. The van der Waals surface area contributed by atoms with Crippen molar-refractivity contribution in [3.05, 3.63) is 59.9 Å². The van der Waals surface area contributed by atoms with Crippen LogP contribution in [0.15, 0.2) is 53.1 Å². The van der Waals surface area contributed by atoms with Gasteiger partial charge in [0, 0.05) is 17.7 Å². The fourth-order valence-corrected chi connectivity index (χ4v) is 2.38. The molecule has 0 aliphatic carbocycles. The van der Waals surface area contributed by atoms with Gasteiger partial charge >= 0.3 is 0 Å². The summed E-state index contributed by atoms with van der Waals surface area (Å²) in [6.07, 6.45) is 1.09. The van der Waals surface area contributed by atoms with Gasteiger partial charge in [0.1, 0.15) is 5.75 Å². The van der Waals surface area contributed by atoms with E-state index in [1.165, 1.54) is 0 Å². The summed E-state index contributed by atoms with van der Waals surface area (Å²) >= 11 is 0. The first-order valence-electron chi connectivity index (χ1n) is 7.97. The third-order valence-electron chi connectivity index (χ3n) is 3.74. The molecule has 2 aromatic carbocycles. The molecular weight excluding hydrogens is 318 g/mol. The molecule has 25 heavy (non-hydrogen) atoms. The second kappa shape index (κ2) is 7.61. The molecule has 1 N–H and O–H groups in total. The fourth-order valence-electron chi connectivity index (χ4n) is 2.38. The van der Waals surface area contributed by atoms with E-state index in [4.69, 9.17) is 9.26 Å². The first-order chi connectivity index (χ1) is 12.1. The zero-order valence-corrected chi connectivity index (χ0v) is 14.2. The Morgan fingerprint density at radius 3 is 2.44 bits per heavy atom. The van der Waals surface area contributed by atoms with E-state index in [9.17, 15) is 4.79 Å². The van der Waals surface area contributed by atoms with Crippen molar-refractivity contribution in [3.8, 4) is 17.2 Å². The summed E-state index contributed by atoms with van der Waals surface area (Å²) in [4.78, 5) is 16.3. The van der Waals surface area contributed by atoms with Gasteiger partial charge in [-0.05, 0) is 55.3 Å². The first kappa shape index (κ1) is 16.7. The van der Waals surface area contributed by atoms with E-state index in [0.29, 0.717) is 24.6 Å². The number of nitrogens with zero attached hydrogens (tertiary/aromatic N) is 2. The van der Waals surface area contributed by atoms with Gasteiger partial charge in [0.15, 0.2) is 5.82 Å². The Morgan fingerprint density at radius 2 is 1.84 bits per heavy atom. The van der Waals surface area contributed by atoms with Crippen molar-refractivity contribution >= 4 is 11.6 Å². The van der Waals surface area contributed by atoms with Gasteiger partial charge < -0.3 is 14.6 Å². The number of methoxy groups -OCH3 is 1. The number of amides is 1. The molecule has 0 saturated carbocycles. The Hall–Kier alpha value is -3.15. The van der Waals surface area contributed by atoms with E-state index in [-0.39, 0.29) is 5.91 Å². The largest absolute Gasteiger partial charge is 0.497 e. The summed E-state index contributed by atoms with van der Waals surface area (Å²) in [7, 11) is 1.63. The number of anilines is 1. The number of rotatable bonds is 6. The summed E-state index contributed by atoms with van der Waals surface area (Å²) < 4.78 is 10.2. The summed E-state index contributed by atoms with van der Waals surface area (Å²) in [6, 6.07) is 15.0. The van der Waals surface area contributed by atoms with Gasteiger partial charge in [-0.25, -0.2) is 0 Å². The van der Waals surface area contributed by atoms with Crippen LogP contribution in [0.3, 0.4) is 0 Å².